The Morgan fingerprint density at radius 1 is 0.885 bits per heavy atom. The summed E-state index contributed by atoms with van der Waals surface area (Å²) in [5.74, 6) is -2.55. The number of aryl methyl sites for hydroxylation is 3. The molecule has 3 aromatic rings. The molecule has 5 heterocycles. The maximum Gasteiger partial charge on any atom is 0.347 e. The third-order valence-corrected chi connectivity index (χ3v) is 14.4. The second-order valence-corrected chi connectivity index (χ2v) is 18.0. The molecule has 0 aromatic carbocycles. The second-order valence-electron chi connectivity index (χ2n) is 15.8. The molecule has 5 rings (SSSR count). The number of methoxy groups -OCH3 is 2. The fourth-order valence-corrected chi connectivity index (χ4v) is 10.7. The van der Waals surface area contributed by atoms with Crippen molar-refractivity contribution in [1.82, 2.24) is 30.6 Å². The predicted octanol–water partition coefficient (Wildman–Crippen LogP) is 8.58. The summed E-state index contributed by atoms with van der Waals surface area (Å²) in [6.07, 6.45) is 2.84. The number of nitrogens with one attached hydrogen (secondary N) is 4. The quantitative estimate of drug-likeness (QED) is 0.0545. The first-order valence-corrected chi connectivity index (χ1v) is 22.8. The summed E-state index contributed by atoms with van der Waals surface area (Å²) in [6, 6.07) is 6.05. The van der Waals surface area contributed by atoms with Crippen molar-refractivity contribution in [3.05, 3.63) is 75.4 Å². The highest BCUT2D eigenvalue weighted by Crippen LogP contribution is 2.54. The summed E-state index contributed by atoms with van der Waals surface area (Å²) in [5.41, 5.74) is 11.1. The van der Waals surface area contributed by atoms with Gasteiger partial charge < -0.3 is 39.1 Å². The number of aromatic nitrogens is 4. The molecule has 3 atom stereocenters. The van der Waals surface area contributed by atoms with Gasteiger partial charge in [0.05, 0.1) is 56.5 Å². The van der Waals surface area contributed by atoms with Crippen molar-refractivity contribution in [2.75, 3.05) is 40.5 Å². The van der Waals surface area contributed by atoms with E-state index in [1.54, 1.807) is 13.8 Å². The number of rotatable bonds is 18. The van der Waals surface area contributed by atoms with Crippen LogP contribution in [0.4, 0.5) is 0 Å². The molecule has 1 amide bonds. The lowest BCUT2D eigenvalue weighted by Gasteiger charge is -2.29. The van der Waals surface area contributed by atoms with Gasteiger partial charge in [-0.2, -0.15) is 0 Å². The minimum atomic E-state index is -3.50. The van der Waals surface area contributed by atoms with E-state index >= 15 is 0 Å². The van der Waals surface area contributed by atoms with Gasteiger partial charge in [-0.3, -0.25) is 23.9 Å². The van der Waals surface area contributed by atoms with E-state index in [1.807, 2.05) is 52.8 Å². The van der Waals surface area contributed by atoms with Crippen LogP contribution in [0.15, 0.2) is 24.8 Å². The molecule has 15 heteroatoms. The van der Waals surface area contributed by atoms with E-state index in [9.17, 15) is 18.9 Å². The topological polar surface area (TPSA) is 187 Å². The highest BCUT2D eigenvalue weighted by Gasteiger charge is 2.38. The van der Waals surface area contributed by atoms with Crippen molar-refractivity contribution in [2.24, 2.45) is 5.92 Å². The number of amides is 1. The number of esters is 2. The van der Waals surface area contributed by atoms with Crippen LogP contribution in [0.1, 0.15) is 124 Å². The largest absolute Gasteiger partial charge is 0.469 e. The number of ether oxygens (including phenoxy) is 2. The molecule has 0 saturated carbocycles. The molecule has 2 aliphatic rings. The van der Waals surface area contributed by atoms with Gasteiger partial charge in [0.2, 0.25) is 0 Å². The van der Waals surface area contributed by atoms with Gasteiger partial charge in [-0.1, -0.05) is 40.3 Å². The first-order valence-electron chi connectivity index (χ1n) is 21.2. The van der Waals surface area contributed by atoms with Crippen LogP contribution in [0.2, 0.25) is 0 Å². The Labute approximate surface area is 359 Å². The van der Waals surface area contributed by atoms with E-state index in [0.717, 1.165) is 56.4 Å². The molecule has 3 aromatic heterocycles. The molecule has 0 radical (unpaired) electrons. The molecule has 8 bridgehead atoms. The first kappa shape index (κ1) is 47.2. The molecule has 330 valence electrons. The van der Waals surface area contributed by atoms with Gasteiger partial charge in [0, 0.05) is 70.2 Å². The summed E-state index contributed by atoms with van der Waals surface area (Å²) in [5, 5.41) is 6.36. The van der Waals surface area contributed by atoms with Crippen LogP contribution in [0.5, 0.6) is 0 Å². The van der Waals surface area contributed by atoms with Gasteiger partial charge in [0.25, 0.3) is 5.91 Å². The Morgan fingerprint density at radius 2 is 1.54 bits per heavy atom. The number of carbonyl (C=O) groups is 3. The van der Waals surface area contributed by atoms with Crippen LogP contribution in [-0.4, -0.2) is 84.1 Å². The van der Waals surface area contributed by atoms with E-state index in [1.165, 1.54) is 14.2 Å². The molecule has 1 unspecified atom stereocenters. The molecule has 0 fully saturated rings. The molecular weight excluding hydrogens is 796 g/mol. The summed E-state index contributed by atoms with van der Waals surface area (Å²) in [6.45, 7) is 22.5. The Morgan fingerprint density at radius 3 is 2.15 bits per heavy atom. The monoisotopic (exact) mass is 858 g/mol. The van der Waals surface area contributed by atoms with Crippen LogP contribution in [0, 0.1) is 19.8 Å². The lowest BCUT2D eigenvalue weighted by atomic mass is 9.84. The molecule has 0 aliphatic carbocycles. The predicted molar refractivity (Wildman–Crippen MR) is 241 cm³/mol. The second kappa shape index (κ2) is 20.3. The first-order chi connectivity index (χ1) is 29.1. The van der Waals surface area contributed by atoms with Gasteiger partial charge in [-0.25, -0.2) is 4.98 Å². The number of hydrogen-bond acceptors (Lipinski definition) is 11. The van der Waals surface area contributed by atoms with Crippen LogP contribution in [-0.2, 0) is 50.3 Å². The highest BCUT2D eigenvalue weighted by atomic mass is 31.2. The number of H-pyrrole nitrogens is 2. The molecular formula is C46H63N6O8P. The standard InChI is InChI=1S/C46H63N6O8P/c1-13-30-26(7)34-22-36-28(9)32(17-18-40(53)57-11)43(51-36)33(21-41(54)58-12)44-42(45(55)47-19-20-48-46(25(5)6)61(56,59-15-3)60-16-4)29(10)37(52-44)24-39-31(14-2)27(8)35(50-39)23-38(30)49-34/h13,22-25,28,32,46,48-50H,1,14-21H2,2-12H3,(H,47,55)/t28-,32-,46?/m0/s1. The molecule has 0 spiro atoms. The molecule has 14 nitrogen and oxygen atoms in total. The van der Waals surface area contributed by atoms with Crippen LogP contribution in [0.3, 0.4) is 0 Å². The van der Waals surface area contributed by atoms with E-state index in [4.69, 9.17) is 28.5 Å². The average Bonchev–Trinajstić information content (AvgIpc) is 3.91. The van der Waals surface area contributed by atoms with E-state index in [0.29, 0.717) is 34.6 Å². The maximum absolute atomic E-state index is 14.6. The lowest BCUT2D eigenvalue weighted by molar-refractivity contribution is -0.141. The van der Waals surface area contributed by atoms with Crippen molar-refractivity contribution in [3.8, 4) is 0 Å². The Bertz CT molecular complexity index is 2400. The average molecular weight is 859 g/mol. The molecule has 0 saturated heterocycles. The number of fused-ring (bicyclic) bond motifs is 8. The fraction of sp³-hybridized carbons (Fsp3) is 0.500. The Hall–Kier alpha value is -4.88. The van der Waals surface area contributed by atoms with E-state index < -0.39 is 25.3 Å². The van der Waals surface area contributed by atoms with Crippen LogP contribution < -0.4 is 10.6 Å². The Kier molecular flexibility index (Phi) is 15.7. The van der Waals surface area contributed by atoms with Crippen molar-refractivity contribution in [1.29, 1.82) is 0 Å². The summed E-state index contributed by atoms with van der Waals surface area (Å²) in [4.78, 5) is 58.3. The van der Waals surface area contributed by atoms with Crippen molar-refractivity contribution < 1.29 is 37.5 Å². The third kappa shape index (κ3) is 9.94. The zero-order chi connectivity index (χ0) is 44.8. The molecule has 4 N–H and O–H groups in total. The normalized spacial score (nSPS) is 15.9. The summed E-state index contributed by atoms with van der Waals surface area (Å²) in [7, 11) is -0.827. The number of aromatic amines is 2. The minimum absolute atomic E-state index is 0.0960. The van der Waals surface area contributed by atoms with Crippen molar-refractivity contribution >= 4 is 64.7 Å². The van der Waals surface area contributed by atoms with Crippen LogP contribution >= 0.6 is 7.60 Å². The summed E-state index contributed by atoms with van der Waals surface area (Å²) < 4.78 is 35.3. The van der Waals surface area contributed by atoms with Gasteiger partial charge >= 0.3 is 19.5 Å². The van der Waals surface area contributed by atoms with Gasteiger partial charge in [-0.05, 0) is 93.8 Å². The zero-order valence-corrected chi connectivity index (χ0v) is 38.5. The molecule has 61 heavy (non-hydrogen) atoms. The van der Waals surface area contributed by atoms with Crippen LogP contribution in [0.25, 0.3) is 39.3 Å². The molecule has 2 aliphatic heterocycles. The van der Waals surface area contributed by atoms with Crippen molar-refractivity contribution in [3.63, 3.8) is 0 Å². The number of carbonyl (C=O) groups excluding carboxylic acids is 3. The van der Waals surface area contributed by atoms with Gasteiger partial charge in [0.15, 0.2) is 0 Å². The third-order valence-electron chi connectivity index (χ3n) is 11.7. The lowest BCUT2D eigenvalue weighted by Crippen LogP contribution is -2.40. The fourth-order valence-electron chi connectivity index (χ4n) is 8.46. The van der Waals surface area contributed by atoms with Crippen molar-refractivity contribution in [2.45, 2.75) is 106 Å². The maximum atomic E-state index is 14.6. The van der Waals surface area contributed by atoms with E-state index in [2.05, 4.69) is 47.1 Å². The number of hydrogen-bond donors (Lipinski definition) is 4. The zero-order valence-electron chi connectivity index (χ0n) is 37.6. The SMILES string of the molecule is C=Cc1c(C)c2cc3nc(c(CC(=O)OC)c4nc(cc5[nH]c(cc1[nH]2)c(C)c5CC)C(C)=C4C(=O)NCCNC(C(C)C)P(=O)(OCC)OCC)[C@@H](CCC(=O)OC)[C@@H]3C. The highest BCUT2D eigenvalue weighted by molar-refractivity contribution is 7.54. The number of nitrogens with zero attached hydrogens (tertiary/aromatic N) is 2. The van der Waals surface area contributed by atoms with E-state index in [-0.39, 0.29) is 68.4 Å². The smallest absolute Gasteiger partial charge is 0.347 e. The Balaban J connectivity index is 1.78. The number of allylic oxidation sites excluding steroid dienone is 1. The van der Waals surface area contributed by atoms with Gasteiger partial charge in [0.1, 0.15) is 5.78 Å². The summed E-state index contributed by atoms with van der Waals surface area (Å²) >= 11 is 0. The minimum Gasteiger partial charge on any atom is -0.469 e. The van der Waals surface area contributed by atoms with Gasteiger partial charge in [-0.15, -0.1) is 0 Å².